The molecule has 1 aromatic carbocycles. The number of benzene rings is 1. The Kier molecular flexibility index (Phi) is 7.25. The van der Waals surface area contributed by atoms with E-state index in [1.807, 2.05) is 24.3 Å². The SMILES string of the molecule is N=CN=C(N)C(c1cccc(-c2n[nH]c3c(CNC4CCOCC4)nc(C(F)(F)F)cc23)c1)C1CCC1. The Hall–Kier alpha value is -3.31. The number of aliphatic imine (C=N–C) groups is 1. The summed E-state index contributed by atoms with van der Waals surface area (Å²) in [5.41, 5.74) is 8.07. The molecule has 37 heavy (non-hydrogen) atoms. The van der Waals surface area contributed by atoms with Gasteiger partial charge in [0.05, 0.1) is 11.2 Å². The Morgan fingerprint density at radius 2 is 2.03 bits per heavy atom. The molecule has 0 bridgehead atoms. The van der Waals surface area contributed by atoms with Gasteiger partial charge in [0.1, 0.15) is 23.6 Å². The van der Waals surface area contributed by atoms with Crippen LogP contribution in [0.3, 0.4) is 0 Å². The van der Waals surface area contributed by atoms with Crippen molar-refractivity contribution in [1.82, 2.24) is 20.5 Å². The van der Waals surface area contributed by atoms with Gasteiger partial charge in [0, 0.05) is 42.7 Å². The number of alkyl halides is 3. The molecular weight excluding hydrogens is 483 g/mol. The van der Waals surface area contributed by atoms with Crippen molar-refractivity contribution in [3.8, 4) is 11.3 Å². The standard InChI is InChI=1S/C26H30F3N7O/c27-26(28,29)21-12-19-23(35-36-24(19)20(34-21)13-32-18-7-9-37-10-8-18)17-6-2-5-16(11-17)22(15-3-1-4-15)25(31)33-14-30/h2,5-6,11-12,14-15,18,22,32H,1,3-4,7-10,13H2,(H,35,36)(H3,30,31,33). The number of rotatable bonds is 8. The maximum absolute atomic E-state index is 13.8. The summed E-state index contributed by atoms with van der Waals surface area (Å²) in [6.45, 7) is 1.45. The lowest BCUT2D eigenvalue weighted by Crippen LogP contribution is -2.34. The van der Waals surface area contributed by atoms with Crippen LogP contribution in [0, 0.1) is 11.3 Å². The zero-order valence-electron chi connectivity index (χ0n) is 20.3. The molecule has 1 aliphatic carbocycles. The van der Waals surface area contributed by atoms with E-state index in [9.17, 15) is 13.2 Å². The molecular formula is C26H30F3N7O. The number of fused-ring (bicyclic) bond motifs is 1. The highest BCUT2D eigenvalue weighted by atomic mass is 19.4. The molecule has 1 atom stereocenters. The van der Waals surface area contributed by atoms with Crippen LogP contribution >= 0.6 is 0 Å². The Bertz CT molecular complexity index is 1290. The third-order valence-corrected chi connectivity index (χ3v) is 7.37. The van der Waals surface area contributed by atoms with Gasteiger partial charge in [-0.15, -0.1) is 0 Å². The predicted molar refractivity (Wildman–Crippen MR) is 135 cm³/mol. The first-order valence-corrected chi connectivity index (χ1v) is 12.5. The molecule has 196 valence electrons. The van der Waals surface area contributed by atoms with Crippen LogP contribution in [0.25, 0.3) is 22.2 Å². The monoisotopic (exact) mass is 513 g/mol. The van der Waals surface area contributed by atoms with Crippen LogP contribution < -0.4 is 11.1 Å². The van der Waals surface area contributed by atoms with Crippen molar-refractivity contribution in [2.45, 2.75) is 56.8 Å². The number of aromatic amines is 1. The van der Waals surface area contributed by atoms with Gasteiger partial charge in [-0.3, -0.25) is 10.5 Å². The minimum Gasteiger partial charge on any atom is -0.387 e. The number of hydrogen-bond donors (Lipinski definition) is 4. The lowest BCUT2D eigenvalue weighted by molar-refractivity contribution is -0.141. The van der Waals surface area contributed by atoms with Gasteiger partial charge in [-0.2, -0.15) is 18.3 Å². The number of H-pyrrole nitrogens is 1. The number of nitrogens with zero attached hydrogens (tertiary/aromatic N) is 3. The summed E-state index contributed by atoms with van der Waals surface area (Å²) in [6, 6.07) is 8.77. The first kappa shape index (κ1) is 25.3. The predicted octanol–water partition coefficient (Wildman–Crippen LogP) is 4.76. The van der Waals surface area contributed by atoms with Crippen LogP contribution in [0.4, 0.5) is 13.2 Å². The molecule has 2 aromatic heterocycles. The highest BCUT2D eigenvalue weighted by molar-refractivity contribution is 5.95. The quantitative estimate of drug-likeness (QED) is 0.255. The molecule has 0 radical (unpaired) electrons. The van der Waals surface area contributed by atoms with Gasteiger partial charge in [-0.1, -0.05) is 24.6 Å². The molecule has 1 saturated carbocycles. The van der Waals surface area contributed by atoms with Crippen LogP contribution in [0.15, 0.2) is 35.3 Å². The lowest BCUT2D eigenvalue weighted by atomic mass is 9.72. The van der Waals surface area contributed by atoms with Crippen LogP contribution in [0.2, 0.25) is 0 Å². The Balaban J connectivity index is 1.53. The summed E-state index contributed by atoms with van der Waals surface area (Å²) < 4.78 is 46.8. The molecule has 3 heterocycles. The second-order valence-electron chi connectivity index (χ2n) is 9.69. The number of ether oxygens (including phenoxy) is 1. The summed E-state index contributed by atoms with van der Waals surface area (Å²) >= 11 is 0. The van der Waals surface area contributed by atoms with Crippen molar-refractivity contribution in [3.63, 3.8) is 0 Å². The van der Waals surface area contributed by atoms with E-state index < -0.39 is 11.9 Å². The molecule has 1 aliphatic heterocycles. The van der Waals surface area contributed by atoms with E-state index in [0.717, 1.165) is 50.1 Å². The van der Waals surface area contributed by atoms with Crippen molar-refractivity contribution < 1.29 is 17.9 Å². The topological polar surface area (TPSA) is 125 Å². The minimum atomic E-state index is -4.59. The van der Waals surface area contributed by atoms with E-state index in [-0.39, 0.29) is 24.2 Å². The molecule has 2 aliphatic rings. The van der Waals surface area contributed by atoms with Crippen LogP contribution in [-0.4, -0.2) is 46.6 Å². The van der Waals surface area contributed by atoms with Gasteiger partial charge in [0.25, 0.3) is 0 Å². The van der Waals surface area contributed by atoms with E-state index in [0.29, 0.717) is 47.1 Å². The molecule has 5 N–H and O–H groups in total. The van der Waals surface area contributed by atoms with Crippen molar-refractivity contribution in [2.24, 2.45) is 16.6 Å². The Morgan fingerprint density at radius 1 is 1.24 bits per heavy atom. The van der Waals surface area contributed by atoms with Crippen molar-refractivity contribution in [1.29, 1.82) is 5.41 Å². The van der Waals surface area contributed by atoms with E-state index in [1.54, 1.807) is 0 Å². The molecule has 11 heteroatoms. The summed E-state index contributed by atoms with van der Waals surface area (Å²) in [4.78, 5) is 7.97. The zero-order valence-corrected chi connectivity index (χ0v) is 20.3. The van der Waals surface area contributed by atoms with Gasteiger partial charge >= 0.3 is 6.18 Å². The minimum absolute atomic E-state index is 0.160. The molecule has 8 nitrogen and oxygen atoms in total. The summed E-state index contributed by atoms with van der Waals surface area (Å²) in [5, 5.41) is 18.4. The van der Waals surface area contributed by atoms with Crippen molar-refractivity contribution in [2.75, 3.05) is 13.2 Å². The second kappa shape index (κ2) is 10.6. The van der Waals surface area contributed by atoms with E-state index in [2.05, 4.69) is 25.5 Å². The van der Waals surface area contributed by atoms with E-state index >= 15 is 0 Å². The maximum atomic E-state index is 13.8. The number of amidine groups is 1. The summed E-state index contributed by atoms with van der Waals surface area (Å²) in [5.74, 6) is 0.527. The largest absolute Gasteiger partial charge is 0.433 e. The molecule has 5 rings (SSSR count). The van der Waals surface area contributed by atoms with Crippen LogP contribution in [0.1, 0.15) is 55.0 Å². The Labute approximate surface area is 212 Å². The highest BCUT2D eigenvalue weighted by Crippen LogP contribution is 2.41. The van der Waals surface area contributed by atoms with Crippen molar-refractivity contribution in [3.05, 3.63) is 47.3 Å². The average molecular weight is 514 g/mol. The second-order valence-corrected chi connectivity index (χ2v) is 9.69. The van der Waals surface area contributed by atoms with E-state index in [4.69, 9.17) is 15.9 Å². The number of aromatic nitrogens is 3. The third-order valence-electron chi connectivity index (χ3n) is 7.37. The first-order chi connectivity index (χ1) is 17.8. The molecule has 3 aromatic rings. The molecule has 0 amide bonds. The third kappa shape index (κ3) is 5.37. The van der Waals surface area contributed by atoms with Crippen LogP contribution in [0.5, 0.6) is 0 Å². The number of hydrogen-bond acceptors (Lipinski definition) is 5. The smallest absolute Gasteiger partial charge is 0.387 e. The van der Waals surface area contributed by atoms with Gasteiger partial charge in [-0.05, 0) is 49.3 Å². The molecule has 1 unspecified atom stereocenters. The number of pyridine rings is 1. The Morgan fingerprint density at radius 3 is 2.70 bits per heavy atom. The van der Waals surface area contributed by atoms with Crippen LogP contribution in [-0.2, 0) is 17.5 Å². The molecule has 2 fully saturated rings. The number of nitrogens with two attached hydrogens (primary N) is 1. The fraction of sp³-hybridized carbons (Fsp3) is 0.462. The maximum Gasteiger partial charge on any atom is 0.433 e. The number of halogens is 3. The van der Waals surface area contributed by atoms with E-state index in [1.165, 1.54) is 0 Å². The average Bonchev–Trinajstić information content (AvgIpc) is 3.29. The molecule has 0 spiro atoms. The molecule has 1 saturated heterocycles. The lowest BCUT2D eigenvalue weighted by Gasteiger charge is -2.33. The van der Waals surface area contributed by atoms with Gasteiger partial charge in [0.15, 0.2) is 0 Å². The fourth-order valence-corrected chi connectivity index (χ4v) is 5.21. The summed E-state index contributed by atoms with van der Waals surface area (Å²) in [6.07, 6.45) is 1.09. The van der Waals surface area contributed by atoms with Crippen molar-refractivity contribution >= 4 is 23.1 Å². The normalized spacial score (nSPS) is 18.6. The zero-order chi connectivity index (χ0) is 26.0. The summed E-state index contributed by atoms with van der Waals surface area (Å²) in [7, 11) is 0. The fourth-order valence-electron chi connectivity index (χ4n) is 5.21. The van der Waals surface area contributed by atoms with Gasteiger partial charge < -0.3 is 15.8 Å². The van der Waals surface area contributed by atoms with Gasteiger partial charge in [0.2, 0.25) is 0 Å². The first-order valence-electron chi connectivity index (χ1n) is 12.5. The van der Waals surface area contributed by atoms with Gasteiger partial charge in [-0.25, -0.2) is 9.98 Å². The highest BCUT2D eigenvalue weighted by Gasteiger charge is 2.35. The number of nitrogens with one attached hydrogen (secondary N) is 3.